The summed E-state index contributed by atoms with van der Waals surface area (Å²) < 4.78 is 6.11. The summed E-state index contributed by atoms with van der Waals surface area (Å²) in [5.41, 5.74) is 5.45. The van der Waals surface area contributed by atoms with Crippen LogP contribution < -0.4 is 4.74 Å². The van der Waals surface area contributed by atoms with Gasteiger partial charge in [0.05, 0.1) is 11.3 Å². The maximum absolute atomic E-state index is 11.7. The van der Waals surface area contributed by atoms with E-state index in [-0.39, 0.29) is 5.41 Å². The van der Waals surface area contributed by atoms with E-state index in [1.807, 2.05) is 36.5 Å². The van der Waals surface area contributed by atoms with Gasteiger partial charge in [-0.2, -0.15) is 0 Å². The molecule has 2 aliphatic rings. The van der Waals surface area contributed by atoms with E-state index in [1.54, 1.807) is 0 Å². The summed E-state index contributed by atoms with van der Waals surface area (Å²) in [6, 6.07) is 18.2. The van der Waals surface area contributed by atoms with Gasteiger partial charge in [-0.3, -0.25) is 4.98 Å². The van der Waals surface area contributed by atoms with Crippen LogP contribution in [0.2, 0.25) is 5.02 Å². The number of pyridine rings is 1. The molecule has 1 atom stereocenters. The first kappa shape index (κ1) is 24.1. The molecule has 35 heavy (non-hydrogen) atoms. The van der Waals surface area contributed by atoms with Crippen molar-refractivity contribution in [3.8, 4) is 5.75 Å². The number of halogens is 1. The minimum absolute atomic E-state index is 0.289. The SMILES string of the molecule is Cc1ccc2c(c1)/C(=C\CCN1CC[C@](O)(c3ccc(Cl)cc3)C(C)(C)C1)c1cccnc1CO2. The fraction of sp³-hybridized carbons (Fsp3) is 0.367. The van der Waals surface area contributed by atoms with Crippen LogP contribution in [-0.2, 0) is 12.2 Å². The first-order valence-electron chi connectivity index (χ1n) is 12.4. The zero-order valence-corrected chi connectivity index (χ0v) is 21.5. The molecule has 1 aromatic heterocycles. The van der Waals surface area contributed by atoms with Crippen LogP contribution in [0.5, 0.6) is 5.75 Å². The predicted molar refractivity (Wildman–Crippen MR) is 142 cm³/mol. The van der Waals surface area contributed by atoms with Gasteiger partial charge >= 0.3 is 0 Å². The summed E-state index contributed by atoms with van der Waals surface area (Å²) in [6.07, 6.45) is 5.77. The monoisotopic (exact) mass is 488 g/mol. The van der Waals surface area contributed by atoms with Crippen molar-refractivity contribution in [2.45, 2.75) is 45.8 Å². The Morgan fingerprint density at radius 3 is 2.69 bits per heavy atom. The smallest absolute Gasteiger partial charge is 0.131 e. The summed E-state index contributed by atoms with van der Waals surface area (Å²) >= 11 is 6.09. The summed E-state index contributed by atoms with van der Waals surface area (Å²) in [4.78, 5) is 7.06. The molecule has 0 unspecified atom stereocenters. The fourth-order valence-electron chi connectivity index (χ4n) is 5.56. The number of hydrogen-bond donors (Lipinski definition) is 1. The summed E-state index contributed by atoms with van der Waals surface area (Å²) in [7, 11) is 0. The maximum Gasteiger partial charge on any atom is 0.131 e. The van der Waals surface area contributed by atoms with Gasteiger partial charge in [0.25, 0.3) is 0 Å². The molecule has 3 heterocycles. The number of rotatable bonds is 4. The highest BCUT2D eigenvalue weighted by atomic mass is 35.5. The Balaban J connectivity index is 1.36. The minimum Gasteiger partial charge on any atom is -0.487 e. The molecule has 1 N–H and O–H groups in total. The standard InChI is InChI=1S/C30H33ClN2O2/c1-21-8-13-28-26(18-21)24(25-6-4-15-32-27(25)19-35-28)7-5-16-33-17-14-30(34,29(2,3)20-33)22-9-11-23(31)12-10-22/h4,6-13,15,18,34H,5,14,16-17,19-20H2,1-3H3/b24-7-/t30-/m0/s1. The lowest BCUT2D eigenvalue weighted by atomic mass is 9.66. The molecule has 0 amide bonds. The second-order valence-corrected chi connectivity index (χ2v) is 10.9. The van der Waals surface area contributed by atoms with Gasteiger partial charge in [-0.1, -0.05) is 61.4 Å². The van der Waals surface area contributed by atoms with Gasteiger partial charge in [0.1, 0.15) is 12.4 Å². The van der Waals surface area contributed by atoms with Gasteiger partial charge in [0.15, 0.2) is 0 Å². The number of piperidine rings is 1. The largest absolute Gasteiger partial charge is 0.487 e. The zero-order chi connectivity index (χ0) is 24.6. The number of fused-ring (bicyclic) bond motifs is 2. The molecule has 2 aliphatic heterocycles. The highest BCUT2D eigenvalue weighted by molar-refractivity contribution is 6.30. The molecule has 4 nitrogen and oxygen atoms in total. The van der Waals surface area contributed by atoms with Gasteiger partial charge in [0, 0.05) is 47.4 Å². The van der Waals surface area contributed by atoms with E-state index >= 15 is 0 Å². The molecular weight excluding hydrogens is 456 g/mol. The predicted octanol–water partition coefficient (Wildman–Crippen LogP) is 6.38. The van der Waals surface area contributed by atoms with Crippen molar-refractivity contribution in [1.29, 1.82) is 0 Å². The molecule has 3 aromatic rings. The normalized spacial score (nSPS) is 22.7. The highest BCUT2D eigenvalue weighted by Crippen LogP contribution is 2.46. The van der Waals surface area contributed by atoms with Gasteiger partial charge < -0.3 is 14.7 Å². The molecule has 0 bridgehead atoms. The molecule has 2 aromatic carbocycles. The maximum atomic E-state index is 11.7. The summed E-state index contributed by atoms with van der Waals surface area (Å²) in [6.45, 7) is 9.53. The van der Waals surface area contributed by atoms with Crippen LogP contribution in [-0.4, -0.2) is 34.6 Å². The Morgan fingerprint density at radius 2 is 1.91 bits per heavy atom. The number of hydrogen-bond acceptors (Lipinski definition) is 4. The molecule has 1 saturated heterocycles. The summed E-state index contributed by atoms with van der Waals surface area (Å²) in [5.74, 6) is 0.909. The van der Waals surface area contributed by atoms with Crippen LogP contribution >= 0.6 is 11.6 Å². The van der Waals surface area contributed by atoms with E-state index in [0.717, 1.165) is 54.2 Å². The third-order valence-electron chi connectivity index (χ3n) is 7.61. The Bertz CT molecular complexity index is 1250. The van der Waals surface area contributed by atoms with E-state index in [4.69, 9.17) is 16.3 Å². The van der Waals surface area contributed by atoms with Crippen LogP contribution in [0.4, 0.5) is 0 Å². The molecule has 5 rings (SSSR count). The highest BCUT2D eigenvalue weighted by Gasteiger charge is 2.48. The van der Waals surface area contributed by atoms with Gasteiger partial charge in [0.2, 0.25) is 0 Å². The van der Waals surface area contributed by atoms with Crippen LogP contribution in [0.1, 0.15) is 54.6 Å². The second-order valence-electron chi connectivity index (χ2n) is 10.5. The van der Waals surface area contributed by atoms with Crippen molar-refractivity contribution in [3.05, 3.63) is 99.8 Å². The number of benzene rings is 2. The van der Waals surface area contributed by atoms with E-state index in [1.165, 1.54) is 11.1 Å². The third-order valence-corrected chi connectivity index (χ3v) is 7.87. The number of ether oxygens (including phenoxy) is 1. The first-order valence-corrected chi connectivity index (χ1v) is 12.7. The molecule has 0 saturated carbocycles. The van der Waals surface area contributed by atoms with Crippen molar-refractivity contribution in [2.24, 2.45) is 5.41 Å². The van der Waals surface area contributed by atoms with Gasteiger partial charge in [-0.05, 0) is 61.2 Å². The van der Waals surface area contributed by atoms with E-state index in [0.29, 0.717) is 18.1 Å². The Kier molecular flexibility index (Phi) is 6.47. The first-order chi connectivity index (χ1) is 16.8. The number of aromatic nitrogens is 1. The quantitative estimate of drug-likeness (QED) is 0.463. The van der Waals surface area contributed by atoms with Crippen molar-refractivity contribution in [2.75, 3.05) is 19.6 Å². The van der Waals surface area contributed by atoms with Crippen LogP contribution in [0.15, 0.2) is 66.9 Å². The van der Waals surface area contributed by atoms with Crippen molar-refractivity contribution >= 4 is 17.2 Å². The molecular formula is C30H33ClN2O2. The van der Waals surface area contributed by atoms with Crippen LogP contribution in [0.25, 0.3) is 5.57 Å². The Labute approximate surface area is 213 Å². The topological polar surface area (TPSA) is 45.6 Å². The van der Waals surface area contributed by atoms with E-state index < -0.39 is 5.60 Å². The van der Waals surface area contributed by atoms with E-state index in [9.17, 15) is 5.11 Å². The molecule has 1 fully saturated rings. The lowest BCUT2D eigenvalue weighted by Crippen LogP contribution is -2.55. The van der Waals surface area contributed by atoms with Crippen molar-refractivity contribution < 1.29 is 9.84 Å². The molecule has 0 aliphatic carbocycles. The zero-order valence-electron chi connectivity index (χ0n) is 20.7. The lowest BCUT2D eigenvalue weighted by molar-refractivity contribution is -0.125. The fourth-order valence-corrected chi connectivity index (χ4v) is 5.69. The molecule has 182 valence electrons. The van der Waals surface area contributed by atoms with Crippen LogP contribution in [0, 0.1) is 12.3 Å². The number of aliphatic hydroxyl groups is 1. The number of aryl methyl sites for hydroxylation is 1. The minimum atomic E-state index is -0.869. The molecule has 5 heteroatoms. The van der Waals surface area contributed by atoms with Crippen molar-refractivity contribution in [1.82, 2.24) is 9.88 Å². The molecule has 0 spiro atoms. The second kappa shape index (κ2) is 9.42. The average Bonchev–Trinajstić information content (AvgIpc) is 2.98. The third kappa shape index (κ3) is 4.63. The average molecular weight is 489 g/mol. The number of nitrogens with zero attached hydrogens (tertiary/aromatic N) is 2. The van der Waals surface area contributed by atoms with Crippen molar-refractivity contribution in [3.63, 3.8) is 0 Å². The van der Waals surface area contributed by atoms with Crippen LogP contribution in [0.3, 0.4) is 0 Å². The molecule has 0 radical (unpaired) electrons. The van der Waals surface area contributed by atoms with Gasteiger partial charge in [-0.25, -0.2) is 0 Å². The van der Waals surface area contributed by atoms with Gasteiger partial charge in [-0.15, -0.1) is 0 Å². The number of likely N-dealkylation sites (tertiary alicyclic amines) is 1. The Hall–Kier alpha value is -2.66. The summed E-state index contributed by atoms with van der Waals surface area (Å²) in [5, 5.41) is 12.4. The lowest BCUT2D eigenvalue weighted by Gasteiger charge is -2.50. The van der Waals surface area contributed by atoms with E-state index in [2.05, 4.69) is 61.0 Å². The Morgan fingerprint density at radius 1 is 1.11 bits per heavy atom.